The third-order valence-electron chi connectivity index (χ3n) is 3.63. The summed E-state index contributed by atoms with van der Waals surface area (Å²) in [5.41, 5.74) is 3.61. The van der Waals surface area contributed by atoms with Crippen molar-refractivity contribution in [1.82, 2.24) is 5.32 Å². The molecule has 0 saturated carbocycles. The maximum Gasteiger partial charge on any atom is 0.291 e. The lowest BCUT2D eigenvalue weighted by atomic mass is 10.0. The maximum absolute atomic E-state index is 8.74. The number of aliphatic hydroxyl groups excluding tert-OH is 1. The molecule has 3 N–H and O–H groups in total. The molecule has 1 heterocycles. The number of rotatable bonds is 7. The minimum atomic E-state index is -1.50. The van der Waals surface area contributed by atoms with Crippen LogP contribution in [0.3, 0.4) is 0 Å². The van der Waals surface area contributed by atoms with E-state index < -0.39 is 5.09 Å². The molecule has 1 aliphatic rings. The topological polar surface area (TPSA) is 98.9 Å². The Morgan fingerprint density at radius 1 is 1.32 bits per heavy atom. The molecular formula is C16H25ClIN3O4. The Bertz CT molecular complexity index is 568. The first-order valence-electron chi connectivity index (χ1n) is 7.85. The summed E-state index contributed by atoms with van der Waals surface area (Å²) in [6.45, 7) is 2.18. The van der Waals surface area contributed by atoms with E-state index in [4.69, 9.17) is 32.0 Å². The number of anilines is 1. The Kier molecular flexibility index (Phi) is 12.4. The Morgan fingerprint density at radius 3 is 2.60 bits per heavy atom. The number of hydrogen-bond donors (Lipinski definition) is 3. The van der Waals surface area contributed by atoms with E-state index in [9.17, 15) is 0 Å². The number of unbranched alkanes of at least 4 members (excludes halogenated alkanes) is 3. The number of nitrogens with one attached hydrogen (secondary N) is 1. The minimum Gasteiger partial charge on any atom is -0.396 e. The zero-order chi connectivity index (χ0) is 17.9. The molecule has 0 aliphatic carbocycles. The molecular weight excluding hydrogens is 461 g/mol. The molecule has 0 bridgehead atoms. The summed E-state index contributed by atoms with van der Waals surface area (Å²) in [6.07, 6.45) is 6.54. The highest BCUT2D eigenvalue weighted by Crippen LogP contribution is 2.31. The van der Waals surface area contributed by atoms with Gasteiger partial charge in [0.2, 0.25) is 0 Å². The van der Waals surface area contributed by atoms with E-state index in [1.165, 1.54) is 16.9 Å². The van der Waals surface area contributed by atoms with E-state index in [1.807, 2.05) is 12.1 Å². The molecule has 2 rings (SSSR count). The molecule has 0 unspecified atom stereocenters. The summed E-state index contributed by atoms with van der Waals surface area (Å²) in [5, 5.41) is 26.7. The number of nitrogens with zero attached hydrogens (tertiary/aromatic N) is 2. The van der Waals surface area contributed by atoms with Crippen LogP contribution < -0.4 is 10.2 Å². The first-order chi connectivity index (χ1) is 11.5. The fourth-order valence-electron chi connectivity index (χ4n) is 2.47. The molecule has 0 saturated heterocycles. The second kappa shape index (κ2) is 13.0. The van der Waals surface area contributed by atoms with Crippen molar-refractivity contribution in [2.24, 2.45) is 0 Å². The fourth-order valence-corrected chi connectivity index (χ4v) is 2.63. The van der Waals surface area contributed by atoms with Crippen molar-refractivity contribution in [2.45, 2.75) is 25.7 Å². The molecule has 0 amide bonds. The highest BCUT2D eigenvalue weighted by atomic mass is 127. The molecule has 142 valence electrons. The van der Waals surface area contributed by atoms with Gasteiger partial charge in [-0.15, -0.1) is 34.1 Å². The lowest BCUT2D eigenvalue weighted by molar-refractivity contribution is -0.742. The van der Waals surface area contributed by atoms with Crippen molar-refractivity contribution >= 4 is 47.0 Å². The van der Waals surface area contributed by atoms with Gasteiger partial charge in [0.05, 0.1) is 0 Å². The van der Waals surface area contributed by atoms with E-state index in [0.717, 1.165) is 43.8 Å². The van der Waals surface area contributed by atoms with E-state index >= 15 is 0 Å². The summed E-state index contributed by atoms with van der Waals surface area (Å²) in [4.78, 5) is 10.6. The van der Waals surface area contributed by atoms with Gasteiger partial charge in [-0.05, 0) is 37.1 Å². The molecule has 0 spiro atoms. The summed E-state index contributed by atoms with van der Waals surface area (Å²) < 4.78 is 0. The van der Waals surface area contributed by atoms with Gasteiger partial charge in [0.15, 0.2) is 0 Å². The predicted molar refractivity (Wildman–Crippen MR) is 110 cm³/mol. The SMILES string of the molecule is CN1CC=C(NCCCCCCO)c2ccc(Cl)cc21.I.O=[N+]([O-])O. The maximum atomic E-state index is 8.74. The molecule has 0 atom stereocenters. The Hall–Kier alpha value is -1.26. The molecule has 7 nitrogen and oxygen atoms in total. The predicted octanol–water partition coefficient (Wildman–Crippen LogP) is 3.54. The summed E-state index contributed by atoms with van der Waals surface area (Å²) >= 11 is 6.08. The summed E-state index contributed by atoms with van der Waals surface area (Å²) in [7, 11) is 2.08. The molecule has 0 aromatic heterocycles. The van der Waals surface area contributed by atoms with Gasteiger partial charge in [-0.2, -0.15) is 0 Å². The number of fused-ring (bicyclic) bond motifs is 1. The molecule has 25 heavy (non-hydrogen) atoms. The van der Waals surface area contributed by atoms with Crippen molar-refractivity contribution in [1.29, 1.82) is 0 Å². The number of halogens is 2. The number of aliphatic hydroxyl groups is 1. The zero-order valence-corrected chi connectivity index (χ0v) is 17.2. The smallest absolute Gasteiger partial charge is 0.291 e. The second-order valence-corrected chi connectivity index (χ2v) is 5.90. The Morgan fingerprint density at radius 2 is 1.96 bits per heavy atom. The lowest BCUT2D eigenvalue weighted by Gasteiger charge is -2.28. The Balaban J connectivity index is 0.00000104. The first-order valence-corrected chi connectivity index (χ1v) is 8.22. The van der Waals surface area contributed by atoms with Gasteiger partial charge in [0.25, 0.3) is 5.09 Å². The van der Waals surface area contributed by atoms with Crippen molar-refractivity contribution < 1.29 is 15.4 Å². The number of likely N-dealkylation sites (N-methyl/N-ethyl adjacent to an activating group) is 1. The van der Waals surface area contributed by atoms with E-state index in [1.54, 1.807) is 0 Å². The van der Waals surface area contributed by atoms with E-state index in [0.29, 0.717) is 6.61 Å². The average Bonchev–Trinajstić information content (AvgIpc) is 2.52. The first kappa shape index (κ1) is 23.7. The Labute approximate surface area is 169 Å². The molecule has 1 aromatic rings. The van der Waals surface area contributed by atoms with Crippen LogP contribution in [0.15, 0.2) is 24.3 Å². The summed E-state index contributed by atoms with van der Waals surface area (Å²) in [6, 6.07) is 6.04. The van der Waals surface area contributed by atoms with Crippen molar-refractivity contribution in [2.75, 3.05) is 31.6 Å². The third-order valence-corrected chi connectivity index (χ3v) is 3.87. The standard InChI is InChI=1S/C16H23ClN2O.HI.HNO3/c1-19-10-8-15(18-9-4-2-3-5-11-20)14-7-6-13(17)12-16(14)19;;2-1(3)4/h6-8,12,18,20H,2-5,9-11H2,1H3;1H;(H,2,3,4). The quantitative estimate of drug-likeness (QED) is 0.236. The van der Waals surface area contributed by atoms with Gasteiger partial charge in [-0.25, -0.2) is 0 Å². The van der Waals surface area contributed by atoms with Crippen LogP contribution in [0.4, 0.5) is 5.69 Å². The summed E-state index contributed by atoms with van der Waals surface area (Å²) in [5.74, 6) is 0. The van der Waals surface area contributed by atoms with E-state index in [2.05, 4.69) is 29.4 Å². The van der Waals surface area contributed by atoms with Crippen molar-refractivity contribution in [3.63, 3.8) is 0 Å². The van der Waals surface area contributed by atoms with Crippen LogP contribution >= 0.6 is 35.6 Å². The van der Waals surface area contributed by atoms with Crippen molar-refractivity contribution in [3.8, 4) is 0 Å². The average molecular weight is 486 g/mol. The van der Waals surface area contributed by atoms with Crippen LogP contribution in [0, 0.1) is 10.1 Å². The van der Waals surface area contributed by atoms with Crippen LogP contribution in [0.25, 0.3) is 5.70 Å². The molecule has 1 aromatic carbocycles. The molecule has 1 aliphatic heterocycles. The van der Waals surface area contributed by atoms with Gasteiger partial charge >= 0.3 is 0 Å². The van der Waals surface area contributed by atoms with Gasteiger partial charge in [0.1, 0.15) is 0 Å². The van der Waals surface area contributed by atoms with Crippen LogP contribution in [0.5, 0.6) is 0 Å². The van der Waals surface area contributed by atoms with Gasteiger partial charge in [-0.1, -0.05) is 24.4 Å². The minimum absolute atomic E-state index is 0. The van der Waals surface area contributed by atoms with Gasteiger partial charge < -0.3 is 20.5 Å². The van der Waals surface area contributed by atoms with Crippen molar-refractivity contribution in [3.05, 3.63) is 45.0 Å². The van der Waals surface area contributed by atoms with Gasteiger partial charge in [-0.3, -0.25) is 0 Å². The number of hydrogen-bond acceptors (Lipinski definition) is 5. The highest BCUT2D eigenvalue weighted by molar-refractivity contribution is 14.0. The number of benzene rings is 1. The molecule has 0 fully saturated rings. The van der Waals surface area contributed by atoms with Crippen LogP contribution in [0.1, 0.15) is 31.2 Å². The van der Waals surface area contributed by atoms with Gasteiger partial charge in [0, 0.05) is 48.7 Å². The lowest BCUT2D eigenvalue weighted by Crippen LogP contribution is -2.26. The third kappa shape index (κ3) is 9.13. The largest absolute Gasteiger partial charge is 0.396 e. The molecule has 0 radical (unpaired) electrons. The highest BCUT2D eigenvalue weighted by Gasteiger charge is 2.15. The van der Waals surface area contributed by atoms with Crippen LogP contribution in [-0.4, -0.2) is 42.1 Å². The molecule has 9 heteroatoms. The second-order valence-electron chi connectivity index (χ2n) is 5.46. The fraction of sp³-hybridized carbons (Fsp3) is 0.500. The van der Waals surface area contributed by atoms with Crippen LogP contribution in [0.2, 0.25) is 5.02 Å². The van der Waals surface area contributed by atoms with E-state index in [-0.39, 0.29) is 24.0 Å². The zero-order valence-electron chi connectivity index (χ0n) is 14.2. The van der Waals surface area contributed by atoms with Crippen LogP contribution in [-0.2, 0) is 0 Å². The monoisotopic (exact) mass is 485 g/mol. The normalized spacial score (nSPS) is 12.1.